The molecule has 1 heterocycles. The fraction of sp³-hybridized carbons (Fsp3) is 0.105. The molecular weight excluding hydrogens is 323 g/mol. The van der Waals surface area contributed by atoms with Crippen molar-refractivity contribution in [2.45, 2.75) is 13.8 Å². The molecule has 126 valence electrons. The van der Waals surface area contributed by atoms with E-state index in [1.165, 1.54) is 24.3 Å². The summed E-state index contributed by atoms with van der Waals surface area (Å²) in [4.78, 5) is 23.7. The number of amides is 1. The minimum absolute atomic E-state index is 0.0439. The van der Waals surface area contributed by atoms with E-state index in [9.17, 15) is 14.0 Å². The maximum Gasteiger partial charge on any atom is 0.258 e. The van der Waals surface area contributed by atoms with Gasteiger partial charge in [-0.25, -0.2) is 4.39 Å². The van der Waals surface area contributed by atoms with Crippen LogP contribution in [-0.4, -0.2) is 17.4 Å². The third-order valence-corrected chi connectivity index (χ3v) is 3.96. The summed E-state index contributed by atoms with van der Waals surface area (Å²) in [5, 5.41) is 6.40. The van der Waals surface area contributed by atoms with Crippen LogP contribution in [0.15, 0.2) is 47.0 Å². The van der Waals surface area contributed by atoms with E-state index >= 15 is 0 Å². The molecule has 1 amide bonds. The van der Waals surface area contributed by atoms with E-state index in [1.807, 2.05) is 32.0 Å². The van der Waals surface area contributed by atoms with Crippen LogP contribution in [0.2, 0.25) is 0 Å². The molecule has 0 unspecified atom stereocenters. The van der Waals surface area contributed by atoms with Crippen LogP contribution < -0.4 is 5.32 Å². The standard InChI is InChI=1S/C19H15FN2O3/c1-11-3-4-14(9-12(11)2)17-16(10-23)19(25-22-17)21-18(24)13-5-7-15(20)8-6-13/h3-10H,1-2H3,(H,21,24). The SMILES string of the molecule is Cc1ccc(-c2noc(NC(=O)c3ccc(F)cc3)c2C=O)cc1C. The molecule has 2 aromatic carbocycles. The predicted molar refractivity (Wildman–Crippen MR) is 91.2 cm³/mol. The van der Waals surface area contributed by atoms with E-state index < -0.39 is 11.7 Å². The number of rotatable bonds is 4. The smallest absolute Gasteiger partial charge is 0.258 e. The van der Waals surface area contributed by atoms with E-state index in [4.69, 9.17) is 4.52 Å². The molecule has 3 rings (SSSR count). The van der Waals surface area contributed by atoms with E-state index in [0.717, 1.165) is 16.7 Å². The minimum atomic E-state index is -0.522. The zero-order valence-corrected chi connectivity index (χ0v) is 13.7. The van der Waals surface area contributed by atoms with Gasteiger partial charge in [-0.2, -0.15) is 0 Å². The Morgan fingerprint density at radius 1 is 1.12 bits per heavy atom. The molecule has 0 fully saturated rings. The highest BCUT2D eigenvalue weighted by Crippen LogP contribution is 2.29. The summed E-state index contributed by atoms with van der Waals surface area (Å²) < 4.78 is 18.1. The lowest BCUT2D eigenvalue weighted by atomic mass is 10.0. The quantitative estimate of drug-likeness (QED) is 0.725. The summed E-state index contributed by atoms with van der Waals surface area (Å²) in [5.41, 5.74) is 3.63. The number of hydrogen-bond acceptors (Lipinski definition) is 4. The molecular formula is C19H15FN2O3. The zero-order valence-electron chi connectivity index (χ0n) is 13.7. The molecule has 0 bridgehead atoms. The van der Waals surface area contributed by atoms with Gasteiger partial charge in [0.15, 0.2) is 6.29 Å². The van der Waals surface area contributed by atoms with Crippen LogP contribution >= 0.6 is 0 Å². The highest BCUT2D eigenvalue weighted by Gasteiger charge is 2.20. The zero-order chi connectivity index (χ0) is 18.0. The van der Waals surface area contributed by atoms with Crippen molar-refractivity contribution in [1.29, 1.82) is 0 Å². The maximum atomic E-state index is 12.9. The number of nitrogens with zero attached hydrogens (tertiary/aromatic N) is 1. The number of carbonyl (C=O) groups is 2. The Labute approximate surface area is 143 Å². The number of anilines is 1. The van der Waals surface area contributed by atoms with Crippen molar-refractivity contribution in [3.05, 3.63) is 70.5 Å². The average Bonchev–Trinajstić information content (AvgIpc) is 3.00. The van der Waals surface area contributed by atoms with Gasteiger partial charge in [0.25, 0.3) is 5.91 Å². The first-order valence-corrected chi connectivity index (χ1v) is 7.59. The van der Waals surface area contributed by atoms with Gasteiger partial charge in [0.05, 0.1) is 0 Å². The molecule has 5 nitrogen and oxygen atoms in total. The van der Waals surface area contributed by atoms with Gasteiger partial charge in [-0.3, -0.25) is 14.9 Å². The highest BCUT2D eigenvalue weighted by molar-refractivity contribution is 6.06. The van der Waals surface area contributed by atoms with Gasteiger partial charge < -0.3 is 4.52 Å². The molecule has 1 aromatic heterocycles. The second-order valence-corrected chi connectivity index (χ2v) is 5.65. The first kappa shape index (κ1) is 16.6. The van der Waals surface area contributed by atoms with Gasteiger partial charge in [0.1, 0.15) is 17.1 Å². The third kappa shape index (κ3) is 3.33. The number of hydrogen-bond donors (Lipinski definition) is 1. The first-order valence-electron chi connectivity index (χ1n) is 7.59. The van der Waals surface area contributed by atoms with Crippen molar-refractivity contribution < 1.29 is 18.5 Å². The number of aromatic nitrogens is 1. The molecule has 0 aliphatic rings. The molecule has 1 N–H and O–H groups in total. The van der Waals surface area contributed by atoms with E-state index in [0.29, 0.717) is 12.0 Å². The second kappa shape index (κ2) is 6.68. The third-order valence-electron chi connectivity index (χ3n) is 3.96. The van der Waals surface area contributed by atoms with Gasteiger partial charge in [0, 0.05) is 11.1 Å². The number of benzene rings is 2. The fourth-order valence-electron chi connectivity index (χ4n) is 2.37. The predicted octanol–water partition coefficient (Wildman–Crippen LogP) is 4.16. The monoisotopic (exact) mass is 338 g/mol. The van der Waals surface area contributed by atoms with E-state index in [2.05, 4.69) is 10.5 Å². The van der Waals surface area contributed by atoms with E-state index in [1.54, 1.807) is 0 Å². The second-order valence-electron chi connectivity index (χ2n) is 5.65. The van der Waals surface area contributed by atoms with Gasteiger partial charge in [-0.05, 0) is 55.3 Å². The molecule has 0 aliphatic carbocycles. The Morgan fingerprint density at radius 2 is 1.84 bits per heavy atom. The number of nitrogens with one attached hydrogen (secondary N) is 1. The topological polar surface area (TPSA) is 72.2 Å². The molecule has 0 saturated carbocycles. The van der Waals surface area contributed by atoms with Crippen molar-refractivity contribution in [2.24, 2.45) is 0 Å². The lowest BCUT2D eigenvalue weighted by Gasteiger charge is -2.04. The van der Waals surface area contributed by atoms with Gasteiger partial charge >= 0.3 is 0 Å². The molecule has 6 heteroatoms. The summed E-state index contributed by atoms with van der Waals surface area (Å²) in [6, 6.07) is 10.7. The normalized spacial score (nSPS) is 10.5. The van der Waals surface area contributed by atoms with Crippen molar-refractivity contribution in [1.82, 2.24) is 5.16 Å². The van der Waals surface area contributed by atoms with Crippen molar-refractivity contribution in [2.75, 3.05) is 5.32 Å². The fourth-order valence-corrected chi connectivity index (χ4v) is 2.37. The Morgan fingerprint density at radius 3 is 2.48 bits per heavy atom. The summed E-state index contributed by atoms with van der Waals surface area (Å²) in [6.45, 7) is 3.94. The van der Waals surface area contributed by atoms with Gasteiger partial charge in [0.2, 0.25) is 5.88 Å². The Balaban J connectivity index is 1.92. The largest absolute Gasteiger partial charge is 0.337 e. The number of aldehydes is 1. The Bertz CT molecular complexity index is 946. The molecule has 0 aliphatic heterocycles. The molecule has 0 atom stereocenters. The minimum Gasteiger partial charge on any atom is -0.337 e. The molecule has 25 heavy (non-hydrogen) atoms. The number of halogens is 1. The van der Waals surface area contributed by atoms with E-state index in [-0.39, 0.29) is 17.0 Å². The average molecular weight is 338 g/mol. The molecule has 0 spiro atoms. The van der Waals surface area contributed by atoms with Crippen LogP contribution in [0.3, 0.4) is 0 Å². The summed E-state index contributed by atoms with van der Waals surface area (Å²) in [6.07, 6.45) is 0.585. The van der Waals surface area contributed by atoms with Crippen LogP contribution in [0.25, 0.3) is 11.3 Å². The highest BCUT2D eigenvalue weighted by atomic mass is 19.1. The van der Waals surface area contributed by atoms with Gasteiger partial charge in [-0.15, -0.1) is 0 Å². The number of carbonyl (C=O) groups excluding carboxylic acids is 2. The van der Waals surface area contributed by atoms with Crippen LogP contribution in [0, 0.1) is 19.7 Å². The number of aryl methyl sites for hydroxylation is 2. The van der Waals surface area contributed by atoms with Crippen LogP contribution in [0.5, 0.6) is 0 Å². The lowest BCUT2D eigenvalue weighted by Crippen LogP contribution is -2.12. The molecule has 3 aromatic rings. The summed E-state index contributed by atoms with van der Waals surface area (Å²) in [5.74, 6) is -1.01. The van der Waals surface area contributed by atoms with Gasteiger partial charge in [-0.1, -0.05) is 17.3 Å². The Hall–Kier alpha value is -3.28. The van der Waals surface area contributed by atoms with Crippen molar-refractivity contribution in [3.8, 4) is 11.3 Å². The van der Waals surface area contributed by atoms with Crippen LogP contribution in [0.4, 0.5) is 10.3 Å². The molecule has 0 radical (unpaired) electrons. The summed E-state index contributed by atoms with van der Waals surface area (Å²) in [7, 11) is 0. The summed E-state index contributed by atoms with van der Waals surface area (Å²) >= 11 is 0. The Kier molecular flexibility index (Phi) is 4.43. The lowest BCUT2D eigenvalue weighted by molar-refractivity contribution is 0.102. The maximum absolute atomic E-state index is 12.9. The van der Waals surface area contributed by atoms with Crippen LogP contribution in [0.1, 0.15) is 31.8 Å². The molecule has 0 saturated heterocycles. The van der Waals surface area contributed by atoms with Crippen molar-refractivity contribution in [3.63, 3.8) is 0 Å². The van der Waals surface area contributed by atoms with Crippen molar-refractivity contribution >= 4 is 18.1 Å². The first-order chi connectivity index (χ1) is 12.0. The van der Waals surface area contributed by atoms with Crippen LogP contribution in [-0.2, 0) is 0 Å².